The zero-order chi connectivity index (χ0) is 12.9. The van der Waals surface area contributed by atoms with E-state index in [-0.39, 0.29) is 30.0 Å². The number of carboxylic acids is 1. The first-order valence-corrected chi connectivity index (χ1v) is 6.48. The van der Waals surface area contributed by atoms with Gasteiger partial charge in [-0.25, -0.2) is 13.1 Å². The Bertz CT molecular complexity index is 499. The molecule has 0 aliphatic heterocycles. The van der Waals surface area contributed by atoms with E-state index in [0.29, 0.717) is 0 Å². The van der Waals surface area contributed by atoms with Gasteiger partial charge in [0, 0.05) is 13.0 Å². The number of carboxylic acid groups (broad SMARTS) is 1. The van der Waals surface area contributed by atoms with Crippen LogP contribution in [0.25, 0.3) is 0 Å². The standard InChI is InChI=1S/C10H14N2O4S/c11-8-4-1-2-5-9(8)17(15,16)12-7-3-6-10(13)14/h1-2,4-5,12H,3,6-7,11H2,(H,13,14). The molecule has 0 radical (unpaired) electrons. The summed E-state index contributed by atoms with van der Waals surface area (Å²) in [5.41, 5.74) is 5.71. The van der Waals surface area contributed by atoms with E-state index in [9.17, 15) is 13.2 Å². The number of nitrogens with two attached hydrogens (primary N) is 1. The first-order chi connectivity index (χ1) is 7.93. The zero-order valence-corrected chi connectivity index (χ0v) is 9.90. The SMILES string of the molecule is Nc1ccccc1S(=O)(=O)NCCCC(=O)O. The van der Waals surface area contributed by atoms with Crippen LogP contribution in [0.2, 0.25) is 0 Å². The average molecular weight is 258 g/mol. The van der Waals surface area contributed by atoms with Crippen LogP contribution in [0, 0.1) is 0 Å². The van der Waals surface area contributed by atoms with Crippen molar-refractivity contribution in [2.24, 2.45) is 0 Å². The molecule has 0 heterocycles. The van der Waals surface area contributed by atoms with Crippen LogP contribution in [-0.4, -0.2) is 26.0 Å². The number of nitrogens with one attached hydrogen (secondary N) is 1. The van der Waals surface area contributed by atoms with Crippen LogP contribution < -0.4 is 10.5 Å². The summed E-state index contributed by atoms with van der Waals surface area (Å²) >= 11 is 0. The number of nitrogen functional groups attached to an aromatic ring is 1. The first-order valence-electron chi connectivity index (χ1n) is 4.99. The number of benzene rings is 1. The quantitative estimate of drug-likeness (QED) is 0.506. The monoisotopic (exact) mass is 258 g/mol. The molecule has 0 amide bonds. The molecule has 0 aliphatic carbocycles. The predicted molar refractivity (Wildman–Crippen MR) is 62.9 cm³/mol. The van der Waals surface area contributed by atoms with Crippen molar-refractivity contribution in [1.82, 2.24) is 4.72 Å². The van der Waals surface area contributed by atoms with Gasteiger partial charge in [-0.1, -0.05) is 12.1 Å². The lowest BCUT2D eigenvalue weighted by atomic mass is 10.3. The Morgan fingerprint density at radius 1 is 1.35 bits per heavy atom. The average Bonchev–Trinajstić information content (AvgIpc) is 2.24. The third-order valence-electron chi connectivity index (χ3n) is 2.07. The largest absolute Gasteiger partial charge is 0.481 e. The number of hydrogen-bond acceptors (Lipinski definition) is 4. The molecule has 1 aromatic rings. The molecule has 6 nitrogen and oxygen atoms in total. The maximum atomic E-state index is 11.8. The summed E-state index contributed by atoms with van der Waals surface area (Å²) in [6.45, 7) is 0.0724. The minimum atomic E-state index is -3.66. The highest BCUT2D eigenvalue weighted by atomic mass is 32.2. The zero-order valence-electron chi connectivity index (χ0n) is 9.09. The molecule has 17 heavy (non-hydrogen) atoms. The maximum absolute atomic E-state index is 11.8. The Hall–Kier alpha value is -1.60. The van der Waals surface area contributed by atoms with Gasteiger partial charge in [-0.2, -0.15) is 0 Å². The molecular formula is C10H14N2O4S. The van der Waals surface area contributed by atoms with Gasteiger partial charge in [-0.3, -0.25) is 4.79 Å². The van der Waals surface area contributed by atoms with E-state index in [1.807, 2.05) is 0 Å². The highest BCUT2D eigenvalue weighted by Gasteiger charge is 2.15. The third kappa shape index (κ3) is 4.04. The minimum Gasteiger partial charge on any atom is -0.481 e. The Kier molecular flexibility index (Phi) is 4.47. The molecule has 0 fully saturated rings. The lowest BCUT2D eigenvalue weighted by Crippen LogP contribution is -2.26. The molecule has 4 N–H and O–H groups in total. The number of para-hydroxylation sites is 1. The number of hydrogen-bond donors (Lipinski definition) is 3. The summed E-state index contributed by atoms with van der Waals surface area (Å²) in [6.07, 6.45) is 0.161. The molecule has 0 spiro atoms. The second-order valence-electron chi connectivity index (χ2n) is 3.43. The molecule has 0 aliphatic rings. The van der Waals surface area contributed by atoms with Crippen molar-refractivity contribution in [2.45, 2.75) is 17.7 Å². The van der Waals surface area contributed by atoms with Gasteiger partial charge in [0.05, 0.1) is 5.69 Å². The third-order valence-corrected chi connectivity index (χ3v) is 3.60. The normalized spacial score (nSPS) is 11.3. The summed E-state index contributed by atoms with van der Waals surface area (Å²) in [5, 5.41) is 8.41. The van der Waals surface area contributed by atoms with Gasteiger partial charge in [0.1, 0.15) is 4.90 Å². The highest BCUT2D eigenvalue weighted by molar-refractivity contribution is 7.89. The number of carbonyl (C=O) groups is 1. The van der Waals surface area contributed by atoms with Gasteiger partial charge < -0.3 is 10.8 Å². The molecule has 0 atom stereocenters. The van der Waals surface area contributed by atoms with Gasteiger partial charge >= 0.3 is 5.97 Å². The molecule has 1 aromatic carbocycles. The fraction of sp³-hybridized carbons (Fsp3) is 0.300. The van der Waals surface area contributed by atoms with Crippen molar-refractivity contribution in [1.29, 1.82) is 0 Å². The van der Waals surface area contributed by atoms with Gasteiger partial charge in [-0.15, -0.1) is 0 Å². The van der Waals surface area contributed by atoms with Crippen molar-refractivity contribution >= 4 is 21.7 Å². The first kappa shape index (κ1) is 13.5. The molecule has 94 valence electrons. The molecule has 0 saturated heterocycles. The Labute approximate surface area is 99.5 Å². The molecule has 1 rings (SSSR count). The summed E-state index contributed by atoms with van der Waals surface area (Å²) in [4.78, 5) is 10.3. The van der Waals surface area contributed by atoms with Gasteiger partial charge in [0.25, 0.3) is 0 Å². The van der Waals surface area contributed by atoms with Gasteiger partial charge in [0.2, 0.25) is 10.0 Å². The van der Waals surface area contributed by atoms with Crippen LogP contribution in [0.5, 0.6) is 0 Å². The Morgan fingerprint density at radius 2 is 2.00 bits per heavy atom. The number of aliphatic carboxylic acids is 1. The Morgan fingerprint density at radius 3 is 2.59 bits per heavy atom. The minimum absolute atomic E-state index is 0.00956. The van der Waals surface area contributed by atoms with E-state index in [1.165, 1.54) is 12.1 Å². The molecule has 0 unspecified atom stereocenters. The molecule has 0 aromatic heterocycles. The van der Waals surface area contributed by atoms with Gasteiger partial charge in [-0.05, 0) is 18.6 Å². The highest BCUT2D eigenvalue weighted by Crippen LogP contribution is 2.16. The number of rotatable bonds is 6. The van der Waals surface area contributed by atoms with E-state index in [2.05, 4.69) is 4.72 Å². The molecule has 7 heteroatoms. The van der Waals surface area contributed by atoms with Crippen molar-refractivity contribution in [3.8, 4) is 0 Å². The topological polar surface area (TPSA) is 109 Å². The molecule has 0 bridgehead atoms. The van der Waals surface area contributed by atoms with Crippen molar-refractivity contribution in [3.63, 3.8) is 0 Å². The van der Waals surface area contributed by atoms with E-state index in [4.69, 9.17) is 10.8 Å². The second-order valence-corrected chi connectivity index (χ2v) is 5.17. The van der Waals surface area contributed by atoms with E-state index < -0.39 is 16.0 Å². The predicted octanol–water partition coefficient (Wildman–Crippen LogP) is 0.412. The van der Waals surface area contributed by atoms with Crippen LogP contribution in [-0.2, 0) is 14.8 Å². The summed E-state index contributed by atoms with van der Waals surface area (Å²) in [7, 11) is -3.66. The fourth-order valence-corrected chi connectivity index (χ4v) is 2.45. The van der Waals surface area contributed by atoms with E-state index in [1.54, 1.807) is 12.1 Å². The fourth-order valence-electron chi connectivity index (χ4n) is 1.25. The molecular weight excluding hydrogens is 244 g/mol. The summed E-state index contributed by atoms with van der Waals surface area (Å²) in [6, 6.07) is 6.10. The van der Waals surface area contributed by atoms with Crippen LogP contribution in [0.15, 0.2) is 29.2 Å². The number of sulfonamides is 1. The lowest BCUT2D eigenvalue weighted by Gasteiger charge is -2.08. The van der Waals surface area contributed by atoms with Crippen molar-refractivity contribution in [3.05, 3.63) is 24.3 Å². The van der Waals surface area contributed by atoms with E-state index in [0.717, 1.165) is 0 Å². The van der Waals surface area contributed by atoms with Crippen molar-refractivity contribution < 1.29 is 18.3 Å². The molecule has 0 saturated carbocycles. The van der Waals surface area contributed by atoms with Crippen molar-refractivity contribution in [2.75, 3.05) is 12.3 Å². The van der Waals surface area contributed by atoms with Crippen LogP contribution in [0.3, 0.4) is 0 Å². The van der Waals surface area contributed by atoms with Gasteiger partial charge in [0.15, 0.2) is 0 Å². The maximum Gasteiger partial charge on any atom is 0.303 e. The Balaban J connectivity index is 2.64. The smallest absolute Gasteiger partial charge is 0.303 e. The summed E-state index contributed by atoms with van der Waals surface area (Å²) < 4.78 is 25.8. The van der Waals surface area contributed by atoms with E-state index >= 15 is 0 Å². The van der Waals surface area contributed by atoms with Crippen LogP contribution in [0.1, 0.15) is 12.8 Å². The second kappa shape index (κ2) is 5.65. The summed E-state index contributed by atoms with van der Waals surface area (Å²) in [5.74, 6) is -0.955. The number of anilines is 1. The lowest BCUT2D eigenvalue weighted by molar-refractivity contribution is -0.137. The van der Waals surface area contributed by atoms with Crippen LogP contribution in [0.4, 0.5) is 5.69 Å². The van der Waals surface area contributed by atoms with Crippen LogP contribution >= 0.6 is 0 Å².